The van der Waals surface area contributed by atoms with Crippen LogP contribution in [-0.2, 0) is 0 Å². The molecule has 2 aromatic heterocycles. The van der Waals surface area contributed by atoms with Gasteiger partial charge in [0.25, 0.3) is 0 Å². The minimum Gasteiger partial charge on any atom is -0.394 e. The maximum Gasteiger partial charge on any atom is 0.225 e. The second kappa shape index (κ2) is 8.75. The van der Waals surface area contributed by atoms with E-state index >= 15 is 0 Å². The summed E-state index contributed by atoms with van der Waals surface area (Å²) in [5, 5.41) is 16.0. The van der Waals surface area contributed by atoms with Gasteiger partial charge in [-0.2, -0.15) is 4.98 Å². The predicted octanol–water partition coefficient (Wildman–Crippen LogP) is 4.16. The number of aliphatic hydroxyl groups is 1. The number of pyridine rings is 1. The first-order valence-corrected chi connectivity index (χ1v) is 9.16. The number of nitrogens with zero attached hydrogens (tertiary/aromatic N) is 3. The Labute approximate surface area is 163 Å². The summed E-state index contributed by atoms with van der Waals surface area (Å²) >= 11 is 0. The first kappa shape index (κ1) is 19.7. The summed E-state index contributed by atoms with van der Waals surface area (Å²) in [6.07, 6.45) is 3.40. The third kappa shape index (κ3) is 4.80. The van der Waals surface area contributed by atoms with Crippen molar-refractivity contribution in [2.75, 3.05) is 17.2 Å². The Hall–Kier alpha value is -3.06. The smallest absolute Gasteiger partial charge is 0.225 e. The van der Waals surface area contributed by atoms with E-state index in [4.69, 9.17) is 0 Å². The van der Waals surface area contributed by atoms with E-state index < -0.39 is 0 Å². The van der Waals surface area contributed by atoms with Gasteiger partial charge in [-0.1, -0.05) is 13.8 Å². The highest BCUT2D eigenvalue weighted by Crippen LogP contribution is 2.25. The van der Waals surface area contributed by atoms with Crippen LogP contribution in [0.15, 0.2) is 48.8 Å². The standard InChI is InChI=1S/C21H24FN5O/c1-13(2)19(12-28)26-21-25-18(15-6-8-23-9-7-15)11-20(27-21)24-16-4-5-17(22)14(3)10-16/h4-11,13,19,28H,12H2,1-3H3,(H2,24,25,26,27)/t19-/m1/s1. The second-order valence-electron chi connectivity index (χ2n) is 6.96. The van der Waals surface area contributed by atoms with Gasteiger partial charge in [-0.15, -0.1) is 0 Å². The normalized spacial score (nSPS) is 12.1. The molecule has 0 saturated carbocycles. The number of aromatic nitrogens is 3. The largest absolute Gasteiger partial charge is 0.394 e. The Bertz CT molecular complexity index is 933. The highest BCUT2D eigenvalue weighted by atomic mass is 19.1. The number of benzene rings is 1. The molecule has 3 aromatic rings. The highest BCUT2D eigenvalue weighted by molar-refractivity contribution is 5.67. The Morgan fingerprint density at radius 1 is 1.07 bits per heavy atom. The molecule has 0 radical (unpaired) electrons. The number of rotatable bonds is 7. The molecule has 3 N–H and O–H groups in total. The van der Waals surface area contributed by atoms with E-state index in [1.165, 1.54) is 6.07 Å². The average Bonchev–Trinajstić information content (AvgIpc) is 2.69. The fraction of sp³-hybridized carbons (Fsp3) is 0.286. The lowest BCUT2D eigenvalue weighted by atomic mass is 10.1. The van der Waals surface area contributed by atoms with Crippen molar-refractivity contribution in [3.05, 3.63) is 60.2 Å². The molecular formula is C21H24FN5O. The molecule has 1 aromatic carbocycles. The number of hydrogen-bond donors (Lipinski definition) is 3. The van der Waals surface area contributed by atoms with Crippen molar-refractivity contribution in [2.45, 2.75) is 26.8 Å². The Morgan fingerprint density at radius 3 is 2.46 bits per heavy atom. The highest BCUT2D eigenvalue weighted by Gasteiger charge is 2.15. The summed E-state index contributed by atoms with van der Waals surface area (Å²) in [6, 6.07) is 10.2. The van der Waals surface area contributed by atoms with Crippen LogP contribution in [0, 0.1) is 18.7 Å². The number of aryl methyl sites for hydroxylation is 1. The molecule has 3 rings (SSSR count). The van der Waals surface area contributed by atoms with Gasteiger partial charge < -0.3 is 15.7 Å². The molecule has 1 atom stereocenters. The maximum atomic E-state index is 13.6. The second-order valence-corrected chi connectivity index (χ2v) is 6.96. The van der Waals surface area contributed by atoms with Gasteiger partial charge in [-0.3, -0.25) is 4.98 Å². The number of hydrogen-bond acceptors (Lipinski definition) is 6. The molecule has 0 unspecified atom stereocenters. The monoisotopic (exact) mass is 381 g/mol. The third-order valence-electron chi connectivity index (χ3n) is 4.45. The Kier molecular flexibility index (Phi) is 6.16. The predicted molar refractivity (Wildman–Crippen MR) is 109 cm³/mol. The van der Waals surface area contributed by atoms with Gasteiger partial charge in [0.05, 0.1) is 18.3 Å². The first-order valence-electron chi connectivity index (χ1n) is 9.16. The van der Waals surface area contributed by atoms with Crippen LogP contribution < -0.4 is 10.6 Å². The maximum absolute atomic E-state index is 13.6. The molecule has 146 valence electrons. The van der Waals surface area contributed by atoms with Crippen LogP contribution in [0.1, 0.15) is 19.4 Å². The van der Waals surface area contributed by atoms with Crippen LogP contribution in [-0.4, -0.2) is 32.7 Å². The van der Waals surface area contributed by atoms with Crippen molar-refractivity contribution < 1.29 is 9.50 Å². The summed E-state index contributed by atoms with van der Waals surface area (Å²) in [5.74, 6) is 0.921. The fourth-order valence-corrected chi connectivity index (χ4v) is 2.71. The zero-order valence-electron chi connectivity index (χ0n) is 16.1. The molecule has 7 heteroatoms. The van der Waals surface area contributed by atoms with Gasteiger partial charge in [-0.25, -0.2) is 9.37 Å². The van der Waals surface area contributed by atoms with Crippen LogP contribution in [0.2, 0.25) is 0 Å². The summed E-state index contributed by atoms with van der Waals surface area (Å²) in [6.45, 7) is 5.72. The van der Waals surface area contributed by atoms with Crippen LogP contribution in [0.5, 0.6) is 0 Å². The van der Waals surface area contributed by atoms with Crippen molar-refractivity contribution >= 4 is 17.5 Å². The molecule has 6 nitrogen and oxygen atoms in total. The number of anilines is 3. The summed E-state index contributed by atoms with van der Waals surface area (Å²) in [5.41, 5.74) is 2.88. The molecule has 0 aliphatic carbocycles. The van der Waals surface area contributed by atoms with Crippen LogP contribution in [0.25, 0.3) is 11.3 Å². The quantitative estimate of drug-likeness (QED) is 0.570. The van der Waals surface area contributed by atoms with E-state index in [0.717, 1.165) is 11.3 Å². The molecule has 0 fully saturated rings. The zero-order valence-corrected chi connectivity index (χ0v) is 16.1. The Morgan fingerprint density at radius 2 is 1.82 bits per heavy atom. The van der Waals surface area contributed by atoms with Crippen molar-refractivity contribution in [2.24, 2.45) is 5.92 Å². The van der Waals surface area contributed by atoms with E-state index in [1.54, 1.807) is 31.5 Å². The lowest BCUT2D eigenvalue weighted by molar-refractivity contribution is 0.248. The lowest BCUT2D eigenvalue weighted by Gasteiger charge is -2.20. The van der Waals surface area contributed by atoms with Gasteiger partial charge in [0, 0.05) is 29.7 Å². The topological polar surface area (TPSA) is 83.0 Å². The zero-order chi connectivity index (χ0) is 20.1. The molecule has 0 spiro atoms. The molecular weight excluding hydrogens is 357 g/mol. The van der Waals surface area contributed by atoms with Gasteiger partial charge >= 0.3 is 0 Å². The van der Waals surface area contributed by atoms with Crippen molar-refractivity contribution in [3.63, 3.8) is 0 Å². The molecule has 0 bridgehead atoms. The lowest BCUT2D eigenvalue weighted by Crippen LogP contribution is -2.30. The van der Waals surface area contributed by atoms with Gasteiger partial charge in [0.15, 0.2) is 0 Å². The van der Waals surface area contributed by atoms with E-state index in [-0.39, 0.29) is 24.4 Å². The molecule has 0 aliphatic heterocycles. The van der Waals surface area contributed by atoms with Crippen molar-refractivity contribution in [1.82, 2.24) is 15.0 Å². The molecule has 0 amide bonds. The SMILES string of the molecule is Cc1cc(Nc2cc(-c3ccncc3)nc(N[C@H](CO)C(C)C)n2)ccc1F. The third-order valence-corrected chi connectivity index (χ3v) is 4.45. The van der Waals surface area contributed by atoms with Crippen LogP contribution in [0.4, 0.5) is 21.8 Å². The molecule has 0 aliphatic rings. The van der Waals surface area contributed by atoms with E-state index in [0.29, 0.717) is 23.0 Å². The van der Waals surface area contributed by atoms with E-state index in [2.05, 4.69) is 25.6 Å². The molecule has 2 heterocycles. The summed E-state index contributed by atoms with van der Waals surface area (Å²) < 4.78 is 13.6. The summed E-state index contributed by atoms with van der Waals surface area (Å²) in [7, 11) is 0. The number of halogens is 1. The molecule has 0 saturated heterocycles. The minimum absolute atomic E-state index is 0.0274. The summed E-state index contributed by atoms with van der Waals surface area (Å²) in [4.78, 5) is 13.2. The van der Waals surface area contributed by atoms with Crippen molar-refractivity contribution in [3.8, 4) is 11.3 Å². The van der Waals surface area contributed by atoms with Crippen LogP contribution >= 0.6 is 0 Å². The fourth-order valence-electron chi connectivity index (χ4n) is 2.71. The number of aliphatic hydroxyl groups excluding tert-OH is 1. The van der Waals surface area contributed by atoms with Crippen molar-refractivity contribution in [1.29, 1.82) is 0 Å². The molecule has 28 heavy (non-hydrogen) atoms. The average molecular weight is 381 g/mol. The van der Waals surface area contributed by atoms with E-state index in [9.17, 15) is 9.50 Å². The van der Waals surface area contributed by atoms with Crippen LogP contribution in [0.3, 0.4) is 0 Å². The first-order chi connectivity index (χ1) is 13.5. The van der Waals surface area contributed by atoms with Gasteiger partial charge in [0.2, 0.25) is 5.95 Å². The van der Waals surface area contributed by atoms with Gasteiger partial charge in [0.1, 0.15) is 11.6 Å². The number of nitrogens with one attached hydrogen (secondary N) is 2. The Balaban J connectivity index is 1.97. The van der Waals surface area contributed by atoms with Gasteiger partial charge in [-0.05, 0) is 48.7 Å². The van der Waals surface area contributed by atoms with E-state index in [1.807, 2.05) is 32.0 Å². The minimum atomic E-state index is -0.254.